The zero-order valence-corrected chi connectivity index (χ0v) is 14.8. The Morgan fingerprint density at radius 3 is 2.50 bits per heavy atom. The lowest BCUT2D eigenvalue weighted by atomic mass is 10.1. The van der Waals surface area contributed by atoms with E-state index in [2.05, 4.69) is 44.1 Å². The summed E-state index contributed by atoms with van der Waals surface area (Å²) in [7, 11) is 2.14. The summed E-state index contributed by atoms with van der Waals surface area (Å²) in [6.07, 6.45) is 1.83. The normalized spacial score (nSPS) is 12.5. The molecule has 2 heterocycles. The van der Waals surface area contributed by atoms with Crippen LogP contribution in [-0.2, 0) is 13.1 Å². The van der Waals surface area contributed by atoms with Gasteiger partial charge in [-0.2, -0.15) is 0 Å². The monoisotopic (exact) mass is 322 g/mol. The SMILES string of the molecule is Cc1ccc(C[NH+](C)Cc2cc(=O)n3cc(C)ccc3n2)c(C)c1. The number of pyridine rings is 1. The molecule has 0 aliphatic carbocycles. The van der Waals surface area contributed by atoms with Crippen LogP contribution in [0.3, 0.4) is 0 Å². The van der Waals surface area contributed by atoms with Crippen LogP contribution in [0.4, 0.5) is 0 Å². The van der Waals surface area contributed by atoms with E-state index in [4.69, 9.17) is 0 Å². The predicted octanol–water partition coefficient (Wildman–Crippen LogP) is 1.83. The Balaban J connectivity index is 1.81. The highest BCUT2D eigenvalue weighted by Crippen LogP contribution is 2.09. The second-order valence-corrected chi connectivity index (χ2v) is 6.76. The van der Waals surface area contributed by atoms with Gasteiger partial charge < -0.3 is 4.90 Å². The molecule has 0 aliphatic rings. The zero-order chi connectivity index (χ0) is 17.3. The predicted molar refractivity (Wildman–Crippen MR) is 96.4 cm³/mol. The number of benzene rings is 1. The van der Waals surface area contributed by atoms with Crippen molar-refractivity contribution in [1.29, 1.82) is 0 Å². The number of hydrogen-bond donors (Lipinski definition) is 1. The molecule has 3 rings (SSSR count). The van der Waals surface area contributed by atoms with Crippen LogP contribution in [0.2, 0.25) is 0 Å². The summed E-state index contributed by atoms with van der Waals surface area (Å²) < 4.78 is 1.61. The summed E-state index contributed by atoms with van der Waals surface area (Å²) in [4.78, 5) is 18.2. The van der Waals surface area contributed by atoms with Gasteiger partial charge in [-0.05, 0) is 38.0 Å². The van der Waals surface area contributed by atoms with E-state index in [1.54, 1.807) is 10.5 Å². The average Bonchev–Trinajstić information content (AvgIpc) is 2.51. The second kappa shape index (κ2) is 6.57. The van der Waals surface area contributed by atoms with Crippen LogP contribution in [0, 0.1) is 20.8 Å². The van der Waals surface area contributed by atoms with Gasteiger partial charge in [0.2, 0.25) is 0 Å². The molecule has 0 saturated heterocycles. The molecule has 1 N–H and O–H groups in total. The standard InChI is InChI=1S/C20H23N3O/c1-14-5-7-17(16(3)9-14)12-22(4)13-18-10-20(24)23-11-15(2)6-8-19(23)21-18/h5-11H,12-13H2,1-4H3/p+1. The van der Waals surface area contributed by atoms with Gasteiger partial charge in [-0.15, -0.1) is 0 Å². The average molecular weight is 322 g/mol. The van der Waals surface area contributed by atoms with E-state index >= 15 is 0 Å². The van der Waals surface area contributed by atoms with E-state index in [0.29, 0.717) is 5.65 Å². The lowest BCUT2D eigenvalue weighted by Gasteiger charge is -2.15. The first-order valence-corrected chi connectivity index (χ1v) is 8.29. The fraction of sp³-hybridized carbons (Fsp3) is 0.300. The quantitative estimate of drug-likeness (QED) is 0.796. The third-order valence-electron chi connectivity index (χ3n) is 4.33. The third-order valence-corrected chi connectivity index (χ3v) is 4.33. The minimum absolute atomic E-state index is 0.0157. The van der Waals surface area contributed by atoms with Crippen molar-refractivity contribution >= 4 is 5.65 Å². The second-order valence-electron chi connectivity index (χ2n) is 6.76. The van der Waals surface area contributed by atoms with Gasteiger partial charge in [0.25, 0.3) is 5.56 Å². The number of nitrogens with one attached hydrogen (secondary N) is 1. The van der Waals surface area contributed by atoms with E-state index in [-0.39, 0.29) is 5.56 Å². The Bertz CT molecular complexity index is 943. The van der Waals surface area contributed by atoms with Crippen molar-refractivity contribution in [3.05, 3.63) is 80.9 Å². The molecular weight excluding hydrogens is 298 g/mol. The van der Waals surface area contributed by atoms with Crippen molar-refractivity contribution in [2.24, 2.45) is 0 Å². The van der Waals surface area contributed by atoms with Gasteiger partial charge in [0, 0.05) is 17.8 Å². The summed E-state index contributed by atoms with van der Waals surface area (Å²) in [5.74, 6) is 0. The summed E-state index contributed by atoms with van der Waals surface area (Å²) in [6, 6.07) is 12.1. The first-order chi connectivity index (χ1) is 11.4. The molecule has 0 aliphatic heterocycles. The first kappa shape index (κ1) is 16.4. The molecule has 4 heteroatoms. The summed E-state index contributed by atoms with van der Waals surface area (Å²) in [5.41, 5.74) is 6.53. The lowest BCUT2D eigenvalue weighted by molar-refractivity contribution is -0.908. The smallest absolute Gasteiger partial charge is 0.258 e. The zero-order valence-electron chi connectivity index (χ0n) is 14.8. The van der Waals surface area contributed by atoms with Crippen LogP contribution in [0.15, 0.2) is 47.4 Å². The minimum Gasteiger partial charge on any atom is -0.329 e. The summed E-state index contributed by atoms with van der Waals surface area (Å²) in [5, 5.41) is 0. The summed E-state index contributed by atoms with van der Waals surface area (Å²) in [6.45, 7) is 7.88. The van der Waals surface area contributed by atoms with E-state index in [1.165, 1.54) is 21.6 Å². The van der Waals surface area contributed by atoms with Crippen molar-refractivity contribution in [1.82, 2.24) is 9.38 Å². The molecule has 0 radical (unpaired) electrons. The highest BCUT2D eigenvalue weighted by Gasteiger charge is 2.10. The number of aryl methyl sites for hydroxylation is 3. The van der Waals surface area contributed by atoms with Crippen molar-refractivity contribution < 1.29 is 4.90 Å². The molecule has 0 spiro atoms. The fourth-order valence-electron chi connectivity index (χ4n) is 3.09. The molecule has 0 saturated carbocycles. The Morgan fingerprint density at radius 2 is 1.75 bits per heavy atom. The Labute approximate surface area is 142 Å². The van der Waals surface area contributed by atoms with E-state index in [1.807, 2.05) is 25.3 Å². The molecule has 1 atom stereocenters. The number of hydrogen-bond acceptors (Lipinski definition) is 2. The van der Waals surface area contributed by atoms with Crippen LogP contribution < -0.4 is 10.5 Å². The largest absolute Gasteiger partial charge is 0.329 e. The van der Waals surface area contributed by atoms with Crippen LogP contribution >= 0.6 is 0 Å². The van der Waals surface area contributed by atoms with Gasteiger partial charge in [0.05, 0.1) is 7.05 Å². The maximum atomic E-state index is 12.3. The summed E-state index contributed by atoms with van der Waals surface area (Å²) >= 11 is 0. The van der Waals surface area contributed by atoms with Crippen LogP contribution in [0.5, 0.6) is 0 Å². The van der Waals surface area contributed by atoms with Crippen molar-refractivity contribution in [2.45, 2.75) is 33.9 Å². The Kier molecular flexibility index (Phi) is 4.49. The molecule has 0 fully saturated rings. The molecule has 0 bridgehead atoms. The van der Waals surface area contributed by atoms with Gasteiger partial charge in [0.1, 0.15) is 24.4 Å². The van der Waals surface area contributed by atoms with E-state index < -0.39 is 0 Å². The molecule has 124 valence electrons. The number of nitrogens with zero attached hydrogens (tertiary/aromatic N) is 2. The van der Waals surface area contributed by atoms with E-state index in [0.717, 1.165) is 24.3 Å². The molecule has 1 aromatic carbocycles. The van der Waals surface area contributed by atoms with Gasteiger partial charge in [-0.3, -0.25) is 9.20 Å². The van der Waals surface area contributed by atoms with Crippen molar-refractivity contribution in [2.75, 3.05) is 7.05 Å². The van der Waals surface area contributed by atoms with Gasteiger partial charge in [-0.25, -0.2) is 4.98 Å². The molecule has 3 aromatic rings. The van der Waals surface area contributed by atoms with Crippen molar-refractivity contribution in [3.8, 4) is 0 Å². The molecule has 0 amide bonds. The van der Waals surface area contributed by atoms with Crippen LogP contribution in [-0.4, -0.2) is 16.4 Å². The maximum absolute atomic E-state index is 12.3. The van der Waals surface area contributed by atoms with Gasteiger partial charge in [-0.1, -0.05) is 29.8 Å². The molecule has 1 unspecified atom stereocenters. The molecular formula is C20H24N3O+. The lowest BCUT2D eigenvalue weighted by Crippen LogP contribution is -3.06. The van der Waals surface area contributed by atoms with Gasteiger partial charge >= 0.3 is 0 Å². The maximum Gasteiger partial charge on any atom is 0.258 e. The number of rotatable bonds is 4. The van der Waals surface area contributed by atoms with Crippen LogP contribution in [0.1, 0.15) is 27.9 Å². The topological polar surface area (TPSA) is 38.8 Å². The van der Waals surface area contributed by atoms with E-state index in [9.17, 15) is 4.79 Å². The molecule has 4 nitrogen and oxygen atoms in total. The highest BCUT2D eigenvalue weighted by atomic mass is 16.1. The number of quaternary nitrogens is 1. The van der Waals surface area contributed by atoms with Gasteiger partial charge in [0.15, 0.2) is 0 Å². The molecule has 2 aromatic heterocycles. The molecule has 24 heavy (non-hydrogen) atoms. The Morgan fingerprint density at radius 1 is 1.00 bits per heavy atom. The third kappa shape index (κ3) is 3.54. The minimum atomic E-state index is -0.0157. The fourth-order valence-corrected chi connectivity index (χ4v) is 3.09. The number of fused-ring (bicyclic) bond motifs is 1. The first-order valence-electron chi connectivity index (χ1n) is 8.29. The highest BCUT2D eigenvalue weighted by molar-refractivity contribution is 5.39. The van der Waals surface area contributed by atoms with Crippen molar-refractivity contribution in [3.63, 3.8) is 0 Å². The number of aromatic nitrogens is 2. The Hall–Kier alpha value is -2.46. The van der Waals surface area contributed by atoms with Crippen LogP contribution in [0.25, 0.3) is 5.65 Å².